The van der Waals surface area contributed by atoms with Crippen molar-refractivity contribution < 1.29 is 19.1 Å². The van der Waals surface area contributed by atoms with E-state index in [9.17, 15) is 9.59 Å². The zero-order chi connectivity index (χ0) is 22.5. The van der Waals surface area contributed by atoms with Crippen molar-refractivity contribution in [3.8, 4) is 22.8 Å². The van der Waals surface area contributed by atoms with Gasteiger partial charge in [-0.05, 0) is 0 Å². The monoisotopic (exact) mass is 524 g/mol. The molecule has 0 aliphatic rings. The fraction of sp³-hybridized carbons (Fsp3) is 0.0417. The number of allylic oxidation sites excluding steroid dienone is 1. The first-order valence-electron chi connectivity index (χ1n) is 9.53. The Morgan fingerprint density at radius 1 is 1.09 bits per heavy atom. The molecule has 0 aliphatic heterocycles. The molecule has 0 atom stereocenters. The van der Waals surface area contributed by atoms with Crippen molar-refractivity contribution >= 4 is 59.7 Å². The molecule has 0 unspecified atom stereocenters. The summed E-state index contributed by atoms with van der Waals surface area (Å²) < 4.78 is 6.89. The average molecular weight is 525 g/mol. The predicted octanol–water partition coefficient (Wildman–Crippen LogP) is 4.92. The molecule has 1 N–H and O–H groups in total. The van der Waals surface area contributed by atoms with Crippen molar-refractivity contribution in [2.24, 2.45) is 0 Å². The second-order valence-corrected chi connectivity index (χ2v) is 10.5. The zero-order valence-corrected chi connectivity index (χ0v) is 20.0. The summed E-state index contributed by atoms with van der Waals surface area (Å²) in [5.74, 6) is 0.200. The molecule has 159 valence electrons. The van der Waals surface area contributed by atoms with E-state index >= 15 is 0 Å². The summed E-state index contributed by atoms with van der Waals surface area (Å²) in [5.41, 5.74) is 2.29. The van der Waals surface area contributed by atoms with Gasteiger partial charge >= 0.3 is 191 Å². The van der Waals surface area contributed by atoms with Crippen LogP contribution in [0.25, 0.3) is 28.9 Å². The number of hydrogen-bond donors (Lipinski definition) is 1. The van der Waals surface area contributed by atoms with Crippen molar-refractivity contribution in [3.05, 3.63) is 87.7 Å². The van der Waals surface area contributed by atoms with E-state index in [1.54, 1.807) is 29.7 Å². The Hall–Kier alpha value is -2.92. The molecule has 0 amide bonds. The molecule has 2 aromatic heterocycles. The number of furan rings is 1. The second kappa shape index (κ2) is 10.1. The van der Waals surface area contributed by atoms with Crippen LogP contribution < -0.4 is 4.35 Å². The minimum absolute atomic E-state index is 0.0786. The first-order chi connectivity index (χ1) is 15.5. The van der Waals surface area contributed by atoms with Crippen LogP contribution in [0.15, 0.2) is 76.5 Å². The van der Waals surface area contributed by atoms with Gasteiger partial charge in [0.1, 0.15) is 0 Å². The van der Waals surface area contributed by atoms with Crippen LogP contribution in [-0.4, -0.2) is 36.4 Å². The first kappa shape index (κ1) is 22.3. The van der Waals surface area contributed by atoms with Gasteiger partial charge in [0.15, 0.2) is 0 Å². The Bertz CT molecular complexity index is 1300. The van der Waals surface area contributed by atoms with Crippen molar-refractivity contribution in [2.45, 2.75) is 6.42 Å². The van der Waals surface area contributed by atoms with E-state index in [0.717, 1.165) is 15.5 Å². The zero-order valence-electron chi connectivity index (χ0n) is 16.6. The van der Waals surface area contributed by atoms with Crippen molar-refractivity contribution in [3.63, 3.8) is 0 Å². The number of aromatic nitrogens is 1. The van der Waals surface area contributed by atoms with Gasteiger partial charge in [0.25, 0.3) is 0 Å². The van der Waals surface area contributed by atoms with Crippen LogP contribution in [0.3, 0.4) is 0 Å². The summed E-state index contributed by atoms with van der Waals surface area (Å²) in [4.78, 5) is 27.5. The summed E-state index contributed by atoms with van der Waals surface area (Å²) >= 11 is 7.06. The summed E-state index contributed by atoms with van der Waals surface area (Å²) in [6.07, 6.45) is 3.31. The third-order valence-electron chi connectivity index (χ3n) is 4.39. The van der Waals surface area contributed by atoms with Gasteiger partial charge in [-0.2, -0.15) is 0 Å². The fourth-order valence-corrected chi connectivity index (χ4v) is 5.70. The molecule has 8 heteroatoms. The van der Waals surface area contributed by atoms with E-state index in [-0.39, 0.29) is 11.0 Å². The van der Waals surface area contributed by atoms with Crippen molar-refractivity contribution in [2.75, 3.05) is 0 Å². The van der Waals surface area contributed by atoms with Gasteiger partial charge in [0.2, 0.25) is 0 Å². The maximum absolute atomic E-state index is 12.3. The second-order valence-electron chi connectivity index (χ2n) is 6.72. The molecule has 0 saturated carbocycles. The van der Waals surface area contributed by atoms with E-state index in [0.29, 0.717) is 27.2 Å². The van der Waals surface area contributed by atoms with Crippen LogP contribution in [0, 0.1) is 0 Å². The minimum atomic E-state index is -0.922. The molecular weight excluding hydrogens is 509 g/mol. The number of halogens is 1. The Morgan fingerprint density at radius 3 is 2.62 bits per heavy atom. The summed E-state index contributed by atoms with van der Waals surface area (Å²) in [5, 5.41) is 11.7. The van der Waals surface area contributed by atoms with E-state index in [1.165, 1.54) is 11.3 Å². The van der Waals surface area contributed by atoms with Crippen molar-refractivity contribution in [1.29, 1.82) is 0 Å². The third kappa shape index (κ3) is 5.65. The normalized spacial score (nSPS) is 11.5. The average Bonchev–Trinajstić information content (AvgIpc) is 3.42. The number of carboxylic acids is 1. The number of carbonyl (C=O) groups excluding carboxylic acids is 1. The van der Waals surface area contributed by atoms with Gasteiger partial charge < -0.3 is 5.11 Å². The molecule has 4 rings (SSSR count). The van der Waals surface area contributed by atoms with Crippen LogP contribution in [0.5, 0.6) is 0 Å². The molecule has 5 nitrogen and oxygen atoms in total. The topological polar surface area (TPSA) is 80.4 Å². The third-order valence-corrected chi connectivity index (χ3v) is 7.45. The number of thiazole rings is 1. The van der Waals surface area contributed by atoms with Gasteiger partial charge in [-0.3, -0.25) is 4.79 Å². The number of carboxylic acid groups (broad SMARTS) is 1. The molecule has 0 aliphatic carbocycles. The molecule has 2 aromatic carbocycles. The number of aliphatic carboxylic acids is 1. The molecular formula is C24H16AsClNO4S. The van der Waals surface area contributed by atoms with Crippen LogP contribution in [0.1, 0.15) is 10.6 Å². The van der Waals surface area contributed by atoms with Gasteiger partial charge in [-0.1, -0.05) is 0 Å². The Morgan fingerprint density at radius 2 is 1.88 bits per heavy atom. The number of benzene rings is 2. The van der Waals surface area contributed by atoms with Crippen LogP contribution in [-0.2, 0) is 16.0 Å². The molecule has 2 heterocycles. The van der Waals surface area contributed by atoms with Crippen LogP contribution >= 0.6 is 22.9 Å². The number of hydrogen-bond acceptors (Lipinski definition) is 5. The molecule has 0 bridgehead atoms. The van der Waals surface area contributed by atoms with Gasteiger partial charge in [0.05, 0.1) is 0 Å². The maximum atomic E-state index is 12.3. The first-order valence-corrected chi connectivity index (χ1v) is 12.7. The van der Waals surface area contributed by atoms with E-state index in [1.807, 2.05) is 48.5 Å². The quantitative estimate of drug-likeness (QED) is 0.261. The standard InChI is InChI=1S/C24H16AsClNO4S/c26-18-12-16(25-22(28)11-6-15-4-2-1-3-5-15)7-8-17(18)20-9-10-21(31-20)19-14-32-23(27-19)13-24(29)30/h1-12,14H,13H2,(H,29,30). The summed E-state index contributed by atoms with van der Waals surface area (Å²) in [6, 6.07) is 18.8. The Labute approximate surface area is 200 Å². The van der Waals surface area contributed by atoms with Gasteiger partial charge in [0, 0.05) is 0 Å². The van der Waals surface area contributed by atoms with Crippen molar-refractivity contribution in [1.82, 2.24) is 4.98 Å². The molecule has 0 fully saturated rings. The van der Waals surface area contributed by atoms with E-state index in [4.69, 9.17) is 21.1 Å². The van der Waals surface area contributed by atoms with Crippen LogP contribution in [0.2, 0.25) is 5.02 Å². The summed E-state index contributed by atoms with van der Waals surface area (Å²) in [6.45, 7) is 0. The predicted molar refractivity (Wildman–Crippen MR) is 127 cm³/mol. The Balaban J connectivity index is 1.45. The summed E-state index contributed by atoms with van der Waals surface area (Å²) in [7, 11) is 0. The molecule has 4 aromatic rings. The SMILES string of the molecule is O=C(O)Cc1nc(-c2ccc(-c3ccc([As]C(=O)C=Cc4ccccc4)cc3Cl)o2)cs1. The fourth-order valence-electron chi connectivity index (χ4n) is 2.92. The van der Waals surface area contributed by atoms with E-state index < -0.39 is 21.7 Å². The Kier molecular flexibility index (Phi) is 7.05. The number of nitrogens with zero attached hydrogens (tertiary/aromatic N) is 1. The molecule has 0 saturated heterocycles. The molecule has 1 radical (unpaired) electrons. The van der Waals surface area contributed by atoms with Crippen LogP contribution in [0.4, 0.5) is 0 Å². The number of carbonyl (C=O) groups is 2. The van der Waals surface area contributed by atoms with E-state index in [2.05, 4.69) is 4.98 Å². The van der Waals surface area contributed by atoms with Gasteiger partial charge in [-0.15, -0.1) is 0 Å². The molecule has 0 spiro atoms. The molecule has 32 heavy (non-hydrogen) atoms. The number of rotatable bonds is 8. The van der Waals surface area contributed by atoms with Gasteiger partial charge in [-0.25, -0.2) is 0 Å².